The standard InChI is InChI=1S/C20H26N2OS/c1-3-7-18(16-8-5-4-6-9-16)21-20(23)14-22-12-10-19-17(15(22)2)11-13-24-19/h4-6,8-9,11,13,15,18H,3,7,10,12,14H2,1-2H3,(H,21,23)/t15-,18-/m0/s1. The Labute approximate surface area is 148 Å². The molecule has 1 aliphatic heterocycles. The van der Waals surface area contributed by atoms with Crippen LogP contribution in [-0.4, -0.2) is 23.9 Å². The summed E-state index contributed by atoms with van der Waals surface area (Å²) in [5.41, 5.74) is 2.59. The number of benzene rings is 1. The average molecular weight is 343 g/mol. The van der Waals surface area contributed by atoms with Crippen molar-refractivity contribution in [3.05, 3.63) is 57.8 Å². The first-order valence-corrected chi connectivity index (χ1v) is 9.71. The van der Waals surface area contributed by atoms with Crippen LogP contribution in [0.15, 0.2) is 41.8 Å². The van der Waals surface area contributed by atoms with Gasteiger partial charge in [-0.05, 0) is 42.3 Å². The molecule has 0 bridgehead atoms. The maximum Gasteiger partial charge on any atom is 0.234 e. The minimum Gasteiger partial charge on any atom is -0.348 e. The van der Waals surface area contributed by atoms with Crippen LogP contribution in [0.25, 0.3) is 0 Å². The summed E-state index contributed by atoms with van der Waals surface area (Å²) in [5, 5.41) is 5.41. The Kier molecular flexibility index (Phi) is 5.69. The predicted molar refractivity (Wildman–Crippen MR) is 100 cm³/mol. The van der Waals surface area contributed by atoms with Crippen molar-refractivity contribution in [3.63, 3.8) is 0 Å². The van der Waals surface area contributed by atoms with Gasteiger partial charge in [-0.15, -0.1) is 11.3 Å². The number of hydrogen-bond donors (Lipinski definition) is 1. The van der Waals surface area contributed by atoms with Gasteiger partial charge in [0.15, 0.2) is 0 Å². The van der Waals surface area contributed by atoms with Gasteiger partial charge in [0, 0.05) is 17.5 Å². The average Bonchev–Trinajstić information content (AvgIpc) is 3.07. The Morgan fingerprint density at radius 3 is 2.88 bits per heavy atom. The number of carbonyl (C=O) groups excluding carboxylic acids is 1. The molecule has 24 heavy (non-hydrogen) atoms. The van der Waals surface area contributed by atoms with E-state index >= 15 is 0 Å². The third-order valence-corrected chi connectivity index (χ3v) is 5.86. The summed E-state index contributed by atoms with van der Waals surface area (Å²) in [6.45, 7) is 5.81. The summed E-state index contributed by atoms with van der Waals surface area (Å²) >= 11 is 1.84. The molecule has 1 aliphatic rings. The molecule has 1 amide bonds. The van der Waals surface area contributed by atoms with Gasteiger partial charge in [-0.1, -0.05) is 43.7 Å². The highest BCUT2D eigenvalue weighted by atomic mass is 32.1. The molecule has 0 saturated heterocycles. The van der Waals surface area contributed by atoms with E-state index < -0.39 is 0 Å². The lowest BCUT2D eigenvalue weighted by atomic mass is 10.0. The van der Waals surface area contributed by atoms with E-state index in [9.17, 15) is 4.79 Å². The van der Waals surface area contributed by atoms with E-state index in [0.29, 0.717) is 12.6 Å². The van der Waals surface area contributed by atoms with Crippen LogP contribution in [0.4, 0.5) is 0 Å². The Bertz CT molecular complexity index is 667. The summed E-state index contributed by atoms with van der Waals surface area (Å²) in [5.74, 6) is 0.128. The van der Waals surface area contributed by atoms with Gasteiger partial charge in [-0.3, -0.25) is 9.69 Å². The zero-order chi connectivity index (χ0) is 16.9. The summed E-state index contributed by atoms with van der Waals surface area (Å²) < 4.78 is 0. The molecule has 3 rings (SSSR count). The van der Waals surface area contributed by atoms with Crippen LogP contribution in [0.2, 0.25) is 0 Å². The van der Waals surface area contributed by atoms with E-state index in [4.69, 9.17) is 0 Å². The fourth-order valence-electron chi connectivity index (χ4n) is 3.50. The number of nitrogens with zero attached hydrogens (tertiary/aromatic N) is 1. The van der Waals surface area contributed by atoms with Gasteiger partial charge in [0.05, 0.1) is 12.6 Å². The molecule has 0 saturated carbocycles. The third kappa shape index (κ3) is 3.87. The van der Waals surface area contributed by atoms with Crippen LogP contribution >= 0.6 is 11.3 Å². The van der Waals surface area contributed by atoms with Crippen LogP contribution in [0.5, 0.6) is 0 Å². The molecule has 0 fully saturated rings. The number of thiophene rings is 1. The van der Waals surface area contributed by atoms with E-state index in [-0.39, 0.29) is 11.9 Å². The van der Waals surface area contributed by atoms with Crippen LogP contribution in [0.1, 0.15) is 54.8 Å². The van der Waals surface area contributed by atoms with Crippen molar-refractivity contribution in [2.75, 3.05) is 13.1 Å². The van der Waals surface area contributed by atoms with Gasteiger partial charge < -0.3 is 5.32 Å². The number of hydrogen-bond acceptors (Lipinski definition) is 3. The van der Waals surface area contributed by atoms with Crippen LogP contribution in [-0.2, 0) is 11.2 Å². The molecule has 1 N–H and O–H groups in total. The lowest BCUT2D eigenvalue weighted by Crippen LogP contribution is -2.42. The molecule has 1 aromatic heterocycles. The number of fused-ring (bicyclic) bond motifs is 1. The van der Waals surface area contributed by atoms with E-state index in [1.807, 2.05) is 29.5 Å². The van der Waals surface area contributed by atoms with Crippen molar-refractivity contribution in [3.8, 4) is 0 Å². The summed E-state index contributed by atoms with van der Waals surface area (Å²) in [6.07, 6.45) is 3.08. The molecule has 2 heterocycles. The molecule has 0 spiro atoms. The minimum atomic E-state index is 0.112. The molecular formula is C20H26N2OS. The van der Waals surface area contributed by atoms with E-state index in [1.165, 1.54) is 16.0 Å². The number of amides is 1. The van der Waals surface area contributed by atoms with Crippen molar-refractivity contribution in [1.82, 2.24) is 10.2 Å². The van der Waals surface area contributed by atoms with Crippen molar-refractivity contribution >= 4 is 17.2 Å². The smallest absolute Gasteiger partial charge is 0.234 e. The molecule has 0 aliphatic carbocycles. The monoisotopic (exact) mass is 342 g/mol. The van der Waals surface area contributed by atoms with E-state index in [1.54, 1.807) is 0 Å². The molecule has 0 radical (unpaired) electrons. The molecule has 3 nitrogen and oxygen atoms in total. The lowest BCUT2D eigenvalue weighted by molar-refractivity contribution is -0.123. The van der Waals surface area contributed by atoms with Crippen molar-refractivity contribution < 1.29 is 4.79 Å². The highest BCUT2D eigenvalue weighted by molar-refractivity contribution is 7.10. The predicted octanol–water partition coefficient (Wildman–Crippen LogP) is 4.32. The highest BCUT2D eigenvalue weighted by Crippen LogP contribution is 2.32. The maximum atomic E-state index is 12.6. The first-order chi connectivity index (χ1) is 11.7. The van der Waals surface area contributed by atoms with Gasteiger partial charge in [-0.2, -0.15) is 0 Å². The zero-order valence-corrected chi connectivity index (χ0v) is 15.3. The zero-order valence-electron chi connectivity index (χ0n) is 14.5. The highest BCUT2D eigenvalue weighted by Gasteiger charge is 2.26. The molecular weight excluding hydrogens is 316 g/mol. The normalized spacial score (nSPS) is 18.8. The topological polar surface area (TPSA) is 32.3 Å². The van der Waals surface area contributed by atoms with Gasteiger partial charge in [-0.25, -0.2) is 0 Å². The number of nitrogens with one attached hydrogen (secondary N) is 1. The van der Waals surface area contributed by atoms with Gasteiger partial charge in [0.25, 0.3) is 0 Å². The first kappa shape index (κ1) is 17.2. The quantitative estimate of drug-likeness (QED) is 0.848. The molecule has 0 unspecified atom stereocenters. The largest absolute Gasteiger partial charge is 0.348 e. The molecule has 2 aromatic rings. The van der Waals surface area contributed by atoms with Crippen molar-refractivity contribution in [1.29, 1.82) is 0 Å². The van der Waals surface area contributed by atoms with Crippen LogP contribution in [0.3, 0.4) is 0 Å². The summed E-state index contributed by atoms with van der Waals surface area (Å²) in [4.78, 5) is 16.4. The van der Waals surface area contributed by atoms with Crippen molar-refractivity contribution in [2.45, 2.75) is 45.2 Å². The maximum absolute atomic E-state index is 12.6. The fourth-order valence-corrected chi connectivity index (χ4v) is 4.46. The van der Waals surface area contributed by atoms with Gasteiger partial charge in [0.2, 0.25) is 5.91 Å². The van der Waals surface area contributed by atoms with Crippen molar-refractivity contribution in [2.24, 2.45) is 0 Å². The second-order valence-electron chi connectivity index (χ2n) is 6.52. The summed E-state index contributed by atoms with van der Waals surface area (Å²) in [6, 6.07) is 12.9. The second kappa shape index (κ2) is 7.95. The molecule has 4 heteroatoms. The Morgan fingerprint density at radius 1 is 1.33 bits per heavy atom. The number of rotatable bonds is 6. The lowest BCUT2D eigenvalue weighted by Gasteiger charge is -2.33. The third-order valence-electron chi connectivity index (χ3n) is 4.86. The van der Waals surface area contributed by atoms with E-state index in [2.05, 4.69) is 47.6 Å². The van der Waals surface area contributed by atoms with Gasteiger partial charge in [0.1, 0.15) is 0 Å². The number of carbonyl (C=O) groups is 1. The molecule has 2 atom stereocenters. The molecule has 1 aromatic carbocycles. The van der Waals surface area contributed by atoms with E-state index in [0.717, 1.165) is 25.8 Å². The Morgan fingerprint density at radius 2 is 2.12 bits per heavy atom. The van der Waals surface area contributed by atoms with Crippen LogP contribution < -0.4 is 5.32 Å². The Hall–Kier alpha value is -1.65. The van der Waals surface area contributed by atoms with Crippen LogP contribution in [0, 0.1) is 0 Å². The molecule has 128 valence electrons. The Balaban J connectivity index is 1.62. The second-order valence-corrected chi connectivity index (χ2v) is 7.52. The minimum absolute atomic E-state index is 0.112. The fraction of sp³-hybridized carbons (Fsp3) is 0.450. The summed E-state index contributed by atoms with van der Waals surface area (Å²) in [7, 11) is 0. The first-order valence-electron chi connectivity index (χ1n) is 8.83. The van der Waals surface area contributed by atoms with Gasteiger partial charge >= 0.3 is 0 Å². The SMILES string of the molecule is CCC[C@H](NC(=O)CN1CCc2sccc2[C@@H]1C)c1ccccc1.